The van der Waals surface area contributed by atoms with E-state index >= 15 is 0 Å². The summed E-state index contributed by atoms with van der Waals surface area (Å²) in [6.45, 7) is 5.53. The smallest absolute Gasteiger partial charge is 0.418 e. The molecule has 1 aliphatic carbocycles. The molecule has 0 amide bonds. The lowest BCUT2D eigenvalue weighted by molar-refractivity contribution is -0.146. The summed E-state index contributed by atoms with van der Waals surface area (Å²) >= 11 is 0. The van der Waals surface area contributed by atoms with Crippen molar-refractivity contribution in [3.05, 3.63) is 23.8 Å². The zero-order chi connectivity index (χ0) is 18.6. The molecule has 0 bridgehead atoms. The Morgan fingerprint density at radius 2 is 1.92 bits per heavy atom. The molecule has 140 valence electrons. The Kier molecular flexibility index (Phi) is 6.21. The maximum atomic E-state index is 14.0. The van der Waals surface area contributed by atoms with Gasteiger partial charge in [0.25, 0.3) is 0 Å². The molecule has 0 spiro atoms. The van der Waals surface area contributed by atoms with Crippen LogP contribution in [0.15, 0.2) is 12.3 Å². The number of halogens is 1. The van der Waals surface area contributed by atoms with E-state index in [1.165, 1.54) is 23.9 Å². The van der Waals surface area contributed by atoms with Crippen molar-refractivity contribution in [3.8, 4) is 0 Å². The summed E-state index contributed by atoms with van der Waals surface area (Å²) in [6, 6.07) is 1.44. The minimum absolute atomic E-state index is 0.0505. The first-order valence-electron chi connectivity index (χ1n) is 8.61. The molecule has 0 radical (unpaired) electrons. The van der Waals surface area contributed by atoms with Gasteiger partial charge >= 0.3 is 12.1 Å². The Hall–Kier alpha value is -1.89. The van der Waals surface area contributed by atoms with Gasteiger partial charge in [0.05, 0.1) is 18.7 Å². The fraction of sp³-hybridized carbons (Fsp3) is 0.667. The van der Waals surface area contributed by atoms with E-state index in [1.54, 1.807) is 20.8 Å². The van der Waals surface area contributed by atoms with Gasteiger partial charge in [-0.15, -0.1) is 0 Å². The van der Waals surface area contributed by atoms with E-state index in [0.717, 1.165) is 25.7 Å². The number of hydrogen-bond donors (Lipinski definition) is 1. The molecular formula is C18H27FN2O4. The fourth-order valence-corrected chi connectivity index (χ4v) is 3.03. The third-order valence-corrected chi connectivity index (χ3v) is 4.35. The molecule has 2 rings (SSSR count). The van der Waals surface area contributed by atoms with E-state index in [2.05, 4.69) is 5.32 Å². The molecule has 1 aromatic heterocycles. The first-order valence-corrected chi connectivity index (χ1v) is 8.61. The molecule has 7 heteroatoms. The van der Waals surface area contributed by atoms with Crippen molar-refractivity contribution in [3.63, 3.8) is 0 Å². The molecule has 0 saturated heterocycles. The number of carbonyl (C=O) groups excluding carboxylic acids is 2. The highest BCUT2D eigenvalue weighted by atomic mass is 19.1. The molecule has 1 aliphatic rings. The summed E-state index contributed by atoms with van der Waals surface area (Å²) < 4.78 is 25.3. The van der Waals surface area contributed by atoms with Gasteiger partial charge < -0.3 is 14.8 Å². The highest BCUT2D eigenvalue weighted by Gasteiger charge is 2.27. The van der Waals surface area contributed by atoms with Crippen molar-refractivity contribution in [2.45, 2.75) is 64.6 Å². The van der Waals surface area contributed by atoms with Crippen LogP contribution in [-0.2, 0) is 20.8 Å². The molecule has 6 nitrogen and oxygen atoms in total. The highest BCUT2D eigenvalue weighted by Crippen LogP contribution is 2.25. The van der Waals surface area contributed by atoms with Gasteiger partial charge in [0, 0.05) is 18.8 Å². The molecule has 1 aromatic rings. The summed E-state index contributed by atoms with van der Waals surface area (Å²) in [5.74, 6) is -0.657. The van der Waals surface area contributed by atoms with Crippen LogP contribution in [0.1, 0.15) is 52.1 Å². The minimum atomic E-state index is -0.644. The topological polar surface area (TPSA) is 69.6 Å². The molecule has 1 fully saturated rings. The Labute approximate surface area is 147 Å². The molecule has 1 N–H and O–H groups in total. The molecule has 0 unspecified atom stereocenters. The molecule has 0 aromatic carbocycles. The summed E-state index contributed by atoms with van der Waals surface area (Å²) in [4.78, 5) is 23.7. The Morgan fingerprint density at radius 1 is 1.28 bits per heavy atom. The third kappa shape index (κ3) is 5.29. The van der Waals surface area contributed by atoms with Crippen LogP contribution in [0.3, 0.4) is 0 Å². The van der Waals surface area contributed by atoms with E-state index in [4.69, 9.17) is 9.47 Å². The lowest BCUT2D eigenvalue weighted by Gasteiger charge is -2.28. The number of carbonyl (C=O) groups is 2. The number of rotatable bonds is 4. The average Bonchev–Trinajstić information content (AvgIpc) is 2.92. The molecule has 1 heterocycles. The first-order chi connectivity index (χ1) is 11.7. The fourth-order valence-electron chi connectivity index (χ4n) is 3.03. The van der Waals surface area contributed by atoms with Crippen LogP contribution in [-0.4, -0.2) is 35.4 Å². The number of ether oxygens (including phenoxy) is 2. The summed E-state index contributed by atoms with van der Waals surface area (Å²) in [7, 11) is 1.40. The van der Waals surface area contributed by atoms with Gasteiger partial charge in [-0.25, -0.2) is 9.18 Å². The SMILES string of the molecule is COC(=O)C1CCC(NCc2c(F)ccn2C(=O)OC(C)(C)C)CC1. The van der Waals surface area contributed by atoms with Gasteiger partial charge in [-0.2, -0.15) is 0 Å². The first kappa shape index (κ1) is 19.4. The van der Waals surface area contributed by atoms with E-state index in [-0.39, 0.29) is 30.2 Å². The minimum Gasteiger partial charge on any atom is -0.469 e. The van der Waals surface area contributed by atoms with Gasteiger partial charge in [0.2, 0.25) is 0 Å². The molecule has 0 atom stereocenters. The average molecular weight is 354 g/mol. The number of esters is 1. The number of nitrogens with zero attached hydrogens (tertiary/aromatic N) is 1. The molecule has 25 heavy (non-hydrogen) atoms. The molecule has 0 aliphatic heterocycles. The standard InChI is InChI=1S/C18H27FN2O4/c1-18(2,3)25-17(23)21-10-9-14(19)15(21)11-20-13-7-5-12(6-8-13)16(22)24-4/h9-10,12-13,20H,5-8,11H2,1-4H3. The highest BCUT2D eigenvalue weighted by molar-refractivity contribution is 5.72. The maximum Gasteiger partial charge on any atom is 0.418 e. The molecule has 1 saturated carbocycles. The second-order valence-electron chi connectivity index (χ2n) is 7.41. The third-order valence-electron chi connectivity index (χ3n) is 4.35. The van der Waals surface area contributed by atoms with Gasteiger partial charge in [-0.05, 0) is 52.5 Å². The Morgan fingerprint density at radius 3 is 2.48 bits per heavy atom. The summed E-state index contributed by atoms with van der Waals surface area (Å²) in [5.41, 5.74) is -0.390. The van der Waals surface area contributed by atoms with E-state index in [1.807, 2.05) is 0 Å². The van der Waals surface area contributed by atoms with Crippen LogP contribution in [0, 0.1) is 11.7 Å². The predicted molar refractivity (Wildman–Crippen MR) is 90.6 cm³/mol. The van der Waals surface area contributed by atoms with Crippen molar-refractivity contribution in [2.24, 2.45) is 5.92 Å². The Balaban J connectivity index is 1.93. The zero-order valence-corrected chi connectivity index (χ0v) is 15.3. The number of nitrogens with one attached hydrogen (secondary N) is 1. The van der Waals surface area contributed by atoms with Gasteiger partial charge in [-0.3, -0.25) is 9.36 Å². The van der Waals surface area contributed by atoms with Crippen LogP contribution in [0.25, 0.3) is 0 Å². The molecular weight excluding hydrogens is 327 g/mol. The zero-order valence-electron chi connectivity index (χ0n) is 15.3. The second-order valence-corrected chi connectivity index (χ2v) is 7.41. The second kappa shape index (κ2) is 7.99. The van der Waals surface area contributed by atoms with Crippen LogP contribution in [0.4, 0.5) is 9.18 Å². The van der Waals surface area contributed by atoms with Crippen molar-refractivity contribution >= 4 is 12.1 Å². The van der Waals surface area contributed by atoms with Crippen LogP contribution in [0.5, 0.6) is 0 Å². The van der Waals surface area contributed by atoms with Crippen molar-refractivity contribution in [1.29, 1.82) is 0 Å². The van der Waals surface area contributed by atoms with Crippen molar-refractivity contribution < 1.29 is 23.5 Å². The van der Waals surface area contributed by atoms with Crippen molar-refractivity contribution in [2.75, 3.05) is 7.11 Å². The Bertz CT molecular complexity index is 613. The van der Waals surface area contributed by atoms with E-state index in [9.17, 15) is 14.0 Å². The number of methoxy groups -OCH3 is 1. The van der Waals surface area contributed by atoms with Crippen LogP contribution < -0.4 is 5.32 Å². The monoisotopic (exact) mass is 354 g/mol. The number of aromatic nitrogens is 1. The van der Waals surface area contributed by atoms with Gasteiger partial charge in [-0.1, -0.05) is 0 Å². The van der Waals surface area contributed by atoms with Gasteiger partial charge in [0.15, 0.2) is 0 Å². The lowest BCUT2D eigenvalue weighted by atomic mass is 9.86. The predicted octanol–water partition coefficient (Wildman–Crippen LogP) is 3.23. The van der Waals surface area contributed by atoms with E-state index < -0.39 is 17.5 Å². The lowest BCUT2D eigenvalue weighted by Crippen LogP contribution is -2.36. The number of hydrogen-bond acceptors (Lipinski definition) is 5. The van der Waals surface area contributed by atoms with E-state index in [0.29, 0.717) is 0 Å². The van der Waals surface area contributed by atoms with Gasteiger partial charge in [0.1, 0.15) is 11.4 Å². The largest absolute Gasteiger partial charge is 0.469 e. The van der Waals surface area contributed by atoms with Crippen LogP contribution >= 0.6 is 0 Å². The van der Waals surface area contributed by atoms with Crippen LogP contribution in [0.2, 0.25) is 0 Å². The maximum absolute atomic E-state index is 14.0. The quantitative estimate of drug-likeness (QED) is 0.841. The summed E-state index contributed by atoms with van der Waals surface area (Å²) in [6.07, 6.45) is 3.92. The summed E-state index contributed by atoms with van der Waals surface area (Å²) in [5, 5.41) is 3.28. The van der Waals surface area contributed by atoms with Crippen molar-refractivity contribution in [1.82, 2.24) is 9.88 Å². The normalized spacial score (nSPS) is 21.0.